The number of nitrogens with zero attached hydrogens (tertiary/aromatic N) is 1. The highest BCUT2D eigenvalue weighted by molar-refractivity contribution is 7.10. The molecule has 0 radical (unpaired) electrons. The van der Waals surface area contributed by atoms with E-state index in [0.717, 1.165) is 15.3 Å². The zero-order chi connectivity index (χ0) is 15.6. The van der Waals surface area contributed by atoms with Crippen LogP contribution in [0.15, 0.2) is 11.4 Å². The molecule has 3 nitrogen and oxygen atoms in total. The topological polar surface area (TPSA) is 40.5 Å². The average Bonchev–Trinajstić information content (AvgIpc) is 2.71. The number of halogens is 4. The molecular formula is C12H15ClF3NO2S. The fraction of sp³-hybridized carbons (Fsp3) is 0.583. The van der Waals surface area contributed by atoms with Gasteiger partial charge >= 0.3 is 6.18 Å². The van der Waals surface area contributed by atoms with Gasteiger partial charge in [0.05, 0.1) is 6.54 Å². The molecule has 0 aromatic carbocycles. The van der Waals surface area contributed by atoms with Crippen molar-refractivity contribution < 1.29 is 23.1 Å². The van der Waals surface area contributed by atoms with E-state index in [9.17, 15) is 23.1 Å². The van der Waals surface area contributed by atoms with E-state index in [1.807, 2.05) is 6.92 Å². The molecule has 0 saturated carbocycles. The molecule has 1 N–H and O–H groups in total. The van der Waals surface area contributed by atoms with Crippen LogP contribution in [0, 0.1) is 6.92 Å². The maximum atomic E-state index is 12.7. The maximum Gasteiger partial charge on any atom is 0.418 e. The van der Waals surface area contributed by atoms with Gasteiger partial charge in [-0.05, 0) is 30.9 Å². The van der Waals surface area contributed by atoms with Gasteiger partial charge in [-0.2, -0.15) is 13.2 Å². The van der Waals surface area contributed by atoms with Gasteiger partial charge in [-0.15, -0.1) is 22.9 Å². The Morgan fingerprint density at radius 3 is 2.50 bits per heavy atom. The second kappa shape index (κ2) is 6.32. The van der Waals surface area contributed by atoms with Crippen molar-refractivity contribution in [3.8, 4) is 0 Å². The summed E-state index contributed by atoms with van der Waals surface area (Å²) in [6.45, 7) is 1.59. The molecule has 114 valence electrons. The zero-order valence-corrected chi connectivity index (χ0v) is 12.6. The summed E-state index contributed by atoms with van der Waals surface area (Å²) in [5.41, 5.74) is -2.23. The minimum Gasteiger partial charge on any atom is -0.379 e. The highest BCUT2D eigenvalue weighted by atomic mass is 35.5. The van der Waals surface area contributed by atoms with Crippen LogP contribution in [-0.4, -0.2) is 40.1 Å². The van der Waals surface area contributed by atoms with E-state index >= 15 is 0 Å². The van der Waals surface area contributed by atoms with E-state index < -0.39 is 30.1 Å². The van der Waals surface area contributed by atoms with Crippen molar-refractivity contribution in [3.63, 3.8) is 0 Å². The lowest BCUT2D eigenvalue weighted by atomic mass is 10.1. The summed E-state index contributed by atoms with van der Waals surface area (Å²) in [6.07, 6.45) is -4.82. The Morgan fingerprint density at radius 1 is 1.50 bits per heavy atom. The number of thiophene rings is 1. The number of carbonyl (C=O) groups is 1. The predicted octanol–water partition coefficient (Wildman–Crippen LogP) is 2.94. The summed E-state index contributed by atoms with van der Waals surface area (Å²) >= 11 is 6.85. The Bertz CT molecular complexity index is 474. The summed E-state index contributed by atoms with van der Waals surface area (Å²) in [6, 6.07) is 1.73. The molecule has 1 heterocycles. The van der Waals surface area contributed by atoms with E-state index in [4.69, 9.17) is 11.6 Å². The highest BCUT2D eigenvalue weighted by Crippen LogP contribution is 2.31. The van der Waals surface area contributed by atoms with E-state index in [1.165, 1.54) is 11.3 Å². The van der Waals surface area contributed by atoms with Crippen LogP contribution in [0.3, 0.4) is 0 Å². The van der Waals surface area contributed by atoms with Crippen LogP contribution in [0.2, 0.25) is 0 Å². The van der Waals surface area contributed by atoms with E-state index in [0.29, 0.717) is 6.92 Å². The Kier molecular flexibility index (Phi) is 5.46. The fourth-order valence-corrected chi connectivity index (χ4v) is 2.45. The van der Waals surface area contributed by atoms with Crippen molar-refractivity contribution in [1.82, 2.24) is 4.90 Å². The summed E-state index contributed by atoms with van der Waals surface area (Å²) in [7, 11) is 0. The first-order valence-electron chi connectivity index (χ1n) is 5.74. The number of carbonyl (C=O) groups excluding carboxylic acids is 1. The molecule has 1 aromatic heterocycles. The Labute approximate surface area is 124 Å². The minimum atomic E-state index is -4.82. The quantitative estimate of drug-likeness (QED) is 0.844. The first-order chi connectivity index (χ1) is 9.08. The molecule has 0 fully saturated rings. The third kappa shape index (κ3) is 4.10. The molecule has 0 aliphatic heterocycles. The molecule has 20 heavy (non-hydrogen) atoms. The lowest BCUT2D eigenvalue weighted by Gasteiger charge is -2.32. The van der Waals surface area contributed by atoms with Crippen molar-refractivity contribution >= 4 is 28.8 Å². The molecule has 1 rings (SSSR count). The molecule has 0 saturated heterocycles. The first kappa shape index (κ1) is 17.3. The first-order valence-corrected chi connectivity index (χ1v) is 7.15. The van der Waals surface area contributed by atoms with Gasteiger partial charge in [-0.25, -0.2) is 0 Å². The van der Waals surface area contributed by atoms with Gasteiger partial charge in [0.1, 0.15) is 5.88 Å². The highest BCUT2D eigenvalue weighted by Gasteiger charge is 2.51. The third-order valence-corrected chi connectivity index (χ3v) is 4.02. The number of alkyl halides is 4. The van der Waals surface area contributed by atoms with Crippen molar-refractivity contribution in [1.29, 1.82) is 0 Å². The number of rotatable bonds is 5. The van der Waals surface area contributed by atoms with Gasteiger partial charge in [0.2, 0.25) is 5.91 Å². The number of hydrogen-bond acceptors (Lipinski definition) is 3. The van der Waals surface area contributed by atoms with Crippen LogP contribution >= 0.6 is 22.9 Å². The molecule has 0 bridgehead atoms. The van der Waals surface area contributed by atoms with Crippen LogP contribution in [0.25, 0.3) is 0 Å². The molecule has 1 aromatic rings. The number of amides is 1. The van der Waals surface area contributed by atoms with Gasteiger partial charge in [0.25, 0.3) is 0 Å². The summed E-state index contributed by atoms with van der Waals surface area (Å²) < 4.78 is 38.1. The van der Waals surface area contributed by atoms with Crippen molar-refractivity contribution in [2.75, 3.05) is 12.4 Å². The number of hydrogen-bond donors (Lipinski definition) is 1. The standard InChI is InChI=1S/C12H15ClF3NO2S/c1-8-9(3-4-20-8)6-17(10(18)5-13)7-11(2,19)12(14,15)16/h3-4,19H,5-7H2,1-2H3. The molecule has 8 heteroatoms. The molecule has 0 spiro atoms. The fourth-order valence-electron chi connectivity index (χ4n) is 1.56. The van der Waals surface area contributed by atoms with Crippen molar-refractivity contribution in [3.05, 3.63) is 21.9 Å². The second-order valence-corrected chi connectivity index (χ2v) is 6.04. The van der Waals surface area contributed by atoms with Crippen LogP contribution in [0.4, 0.5) is 13.2 Å². The van der Waals surface area contributed by atoms with Crippen LogP contribution in [0.5, 0.6) is 0 Å². The third-order valence-electron chi connectivity index (χ3n) is 2.90. The largest absolute Gasteiger partial charge is 0.418 e. The summed E-state index contributed by atoms with van der Waals surface area (Å²) in [4.78, 5) is 13.5. The van der Waals surface area contributed by atoms with E-state index in [-0.39, 0.29) is 6.54 Å². The molecule has 0 aliphatic rings. The SMILES string of the molecule is Cc1sccc1CN(CC(C)(O)C(F)(F)F)C(=O)CCl. The molecular weight excluding hydrogens is 315 g/mol. The minimum absolute atomic E-state index is 0.00683. The lowest BCUT2D eigenvalue weighted by Crippen LogP contribution is -2.52. The smallest absolute Gasteiger partial charge is 0.379 e. The summed E-state index contributed by atoms with van der Waals surface area (Å²) in [5.74, 6) is -1.08. The van der Waals surface area contributed by atoms with Crippen molar-refractivity contribution in [2.24, 2.45) is 0 Å². The van der Waals surface area contributed by atoms with Gasteiger partial charge in [0.15, 0.2) is 5.60 Å². The zero-order valence-electron chi connectivity index (χ0n) is 11.0. The molecule has 0 aliphatic carbocycles. The number of aliphatic hydroxyl groups is 1. The predicted molar refractivity (Wildman–Crippen MR) is 71.9 cm³/mol. The van der Waals surface area contributed by atoms with Crippen LogP contribution in [0.1, 0.15) is 17.4 Å². The summed E-state index contributed by atoms with van der Waals surface area (Å²) in [5, 5.41) is 11.3. The van der Waals surface area contributed by atoms with Gasteiger partial charge < -0.3 is 10.0 Å². The molecule has 1 atom stereocenters. The Balaban J connectivity index is 2.92. The monoisotopic (exact) mass is 329 g/mol. The average molecular weight is 330 g/mol. The van der Waals surface area contributed by atoms with Gasteiger partial charge in [-0.1, -0.05) is 0 Å². The van der Waals surface area contributed by atoms with Gasteiger partial charge in [0, 0.05) is 11.4 Å². The second-order valence-electron chi connectivity index (χ2n) is 4.66. The van der Waals surface area contributed by atoms with Gasteiger partial charge in [-0.3, -0.25) is 4.79 Å². The molecule has 1 amide bonds. The van der Waals surface area contributed by atoms with Crippen LogP contribution < -0.4 is 0 Å². The maximum absolute atomic E-state index is 12.7. The van der Waals surface area contributed by atoms with Crippen LogP contribution in [-0.2, 0) is 11.3 Å². The normalized spacial score (nSPS) is 14.9. The van der Waals surface area contributed by atoms with E-state index in [1.54, 1.807) is 11.4 Å². The Hall–Kier alpha value is -0.790. The van der Waals surface area contributed by atoms with Crippen molar-refractivity contribution in [2.45, 2.75) is 32.2 Å². The number of aryl methyl sites for hydroxylation is 1. The lowest BCUT2D eigenvalue weighted by molar-refractivity contribution is -0.257. The Morgan fingerprint density at radius 2 is 2.10 bits per heavy atom. The van der Waals surface area contributed by atoms with E-state index in [2.05, 4.69) is 0 Å². The molecule has 1 unspecified atom stereocenters.